The molecule has 0 aliphatic carbocycles. The Kier molecular flexibility index (Phi) is 5.06. The average Bonchev–Trinajstić information content (AvgIpc) is 2.30. The van der Waals surface area contributed by atoms with Gasteiger partial charge >= 0.3 is 0 Å². The monoisotopic (exact) mass is 219 g/mol. The predicted octanol–water partition coefficient (Wildman–Crippen LogP) is 3.23. The van der Waals surface area contributed by atoms with Crippen LogP contribution in [0.15, 0.2) is 30.9 Å². The van der Waals surface area contributed by atoms with Crippen molar-refractivity contribution in [2.24, 2.45) is 0 Å². The molecular weight excluding hydrogens is 198 g/mol. The summed E-state index contributed by atoms with van der Waals surface area (Å²) in [7, 11) is 1.96. The van der Waals surface area contributed by atoms with Gasteiger partial charge in [-0.05, 0) is 33.4 Å². The van der Waals surface area contributed by atoms with Gasteiger partial charge in [0.2, 0.25) is 0 Å². The van der Waals surface area contributed by atoms with Gasteiger partial charge in [0.25, 0.3) is 0 Å². The number of ether oxygens (including phenoxy) is 1. The summed E-state index contributed by atoms with van der Waals surface area (Å²) >= 11 is 0. The van der Waals surface area contributed by atoms with Crippen LogP contribution < -0.4 is 10.1 Å². The highest BCUT2D eigenvalue weighted by Crippen LogP contribution is 2.26. The molecule has 1 atom stereocenters. The quantitative estimate of drug-likeness (QED) is 0.586. The van der Waals surface area contributed by atoms with Crippen molar-refractivity contribution in [3.05, 3.63) is 42.0 Å². The van der Waals surface area contributed by atoms with E-state index in [1.165, 1.54) is 11.1 Å². The van der Waals surface area contributed by atoms with Gasteiger partial charge in [-0.2, -0.15) is 0 Å². The van der Waals surface area contributed by atoms with Gasteiger partial charge in [-0.3, -0.25) is 0 Å². The number of rotatable bonds is 6. The van der Waals surface area contributed by atoms with Gasteiger partial charge in [0, 0.05) is 11.6 Å². The molecule has 0 saturated heterocycles. The highest BCUT2D eigenvalue weighted by molar-refractivity contribution is 5.38. The van der Waals surface area contributed by atoms with Crippen molar-refractivity contribution in [1.82, 2.24) is 5.32 Å². The number of aryl methyl sites for hydroxylation is 1. The second-order valence-corrected chi connectivity index (χ2v) is 3.98. The van der Waals surface area contributed by atoms with Gasteiger partial charge < -0.3 is 10.1 Å². The van der Waals surface area contributed by atoms with Crippen molar-refractivity contribution < 1.29 is 4.74 Å². The Balaban J connectivity index is 2.84. The smallest absolute Gasteiger partial charge is 0.124 e. The standard InChI is InChI=1S/C14H21NO/c1-5-6-9-16-14-8-7-11(2)10-13(14)12(3)15-4/h5,7-8,10,12,15H,1,6,9H2,2-4H3. The minimum absolute atomic E-state index is 0.304. The van der Waals surface area contributed by atoms with Crippen molar-refractivity contribution in [2.45, 2.75) is 26.3 Å². The van der Waals surface area contributed by atoms with Crippen LogP contribution in [0.1, 0.15) is 30.5 Å². The van der Waals surface area contributed by atoms with E-state index in [2.05, 4.69) is 37.9 Å². The van der Waals surface area contributed by atoms with Gasteiger partial charge in [-0.25, -0.2) is 0 Å². The lowest BCUT2D eigenvalue weighted by Crippen LogP contribution is -2.14. The summed E-state index contributed by atoms with van der Waals surface area (Å²) in [5.74, 6) is 0.967. The maximum Gasteiger partial charge on any atom is 0.124 e. The number of benzene rings is 1. The zero-order valence-corrected chi connectivity index (χ0v) is 10.4. The van der Waals surface area contributed by atoms with Crippen LogP contribution >= 0.6 is 0 Å². The molecule has 0 bridgehead atoms. The molecule has 2 nitrogen and oxygen atoms in total. The van der Waals surface area contributed by atoms with E-state index in [-0.39, 0.29) is 0 Å². The van der Waals surface area contributed by atoms with E-state index in [4.69, 9.17) is 4.74 Å². The SMILES string of the molecule is C=CCCOc1ccc(C)cc1C(C)NC. The van der Waals surface area contributed by atoms with Crippen LogP contribution in [0.2, 0.25) is 0 Å². The second-order valence-electron chi connectivity index (χ2n) is 3.98. The largest absolute Gasteiger partial charge is 0.493 e. The summed E-state index contributed by atoms with van der Waals surface area (Å²) in [4.78, 5) is 0. The zero-order valence-electron chi connectivity index (χ0n) is 10.4. The third kappa shape index (κ3) is 3.38. The highest BCUT2D eigenvalue weighted by Gasteiger charge is 2.09. The van der Waals surface area contributed by atoms with Crippen LogP contribution in [0.3, 0.4) is 0 Å². The summed E-state index contributed by atoms with van der Waals surface area (Å²) < 4.78 is 5.74. The van der Waals surface area contributed by atoms with Gasteiger partial charge in [0.15, 0.2) is 0 Å². The minimum atomic E-state index is 0.304. The van der Waals surface area contributed by atoms with Gasteiger partial charge in [-0.1, -0.05) is 23.8 Å². The first-order valence-electron chi connectivity index (χ1n) is 5.70. The van der Waals surface area contributed by atoms with E-state index in [1.54, 1.807) is 0 Å². The summed E-state index contributed by atoms with van der Waals surface area (Å²) in [5, 5.41) is 3.24. The predicted molar refractivity (Wildman–Crippen MR) is 69.0 cm³/mol. The number of hydrogen-bond donors (Lipinski definition) is 1. The number of nitrogens with one attached hydrogen (secondary N) is 1. The molecule has 1 rings (SSSR count). The summed E-state index contributed by atoms with van der Waals surface area (Å²) in [6, 6.07) is 6.60. The highest BCUT2D eigenvalue weighted by atomic mass is 16.5. The lowest BCUT2D eigenvalue weighted by Gasteiger charge is -2.17. The van der Waals surface area contributed by atoms with E-state index in [0.717, 1.165) is 12.2 Å². The maximum atomic E-state index is 5.74. The van der Waals surface area contributed by atoms with E-state index < -0.39 is 0 Å². The summed E-state index contributed by atoms with van der Waals surface area (Å²) in [5.41, 5.74) is 2.47. The Bertz CT molecular complexity index is 347. The molecule has 16 heavy (non-hydrogen) atoms. The molecule has 0 saturated carbocycles. The Hall–Kier alpha value is -1.28. The maximum absolute atomic E-state index is 5.74. The zero-order chi connectivity index (χ0) is 12.0. The molecule has 0 aromatic heterocycles. The molecule has 0 spiro atoms. The molecule has 0 amide bonds. The Morgan fingerprint density at radius 2 is 2.25 bits per heavy atom. The van der Waals surface area contributed by atoms with Crippen LogP contribution in [0, 0.1) is 6.92 Å². The van der Waals surface area contributed by atoms with Crippen molar-refractivity contribution in [1.29, 1.82) is 0 Å². The molecule has 0 heterocycles. The molecule has 1 aromatic carbocycles. The lowest BCUT2D eigenvalue weighted by atomic mass is 10.0. The second kappa shape index (κ2) is 6.33. The molecule has 0 aliphatic rings. The summed E-state index contributed by atoms with van der Waals surface area (Å²) in [6.07, 6.45) is 2.75. The topological polar surface area (TPSA) is 21.3 Å². The van der Waals surface area contributed by atoms with Gasteiger partial charge in [0.05, 0.1) is 6.61 Å². The Morgan fingerprint density at radius 3 is 2.88 bits per heavy atom. The van der Waals surface area contributed by atoms with E-state index in [9.17, 15) is 0 Å². The summed E-state index contributed by atoms with van der Waals surface area (Å²) in [6.45, 7) is 8.61. The fraction of sp³-hybridized carbons (Fsp3) is 0.429. The molecule has 0 aliphatic heterocycles. The fourth-order valence-electron chi connectivity index (χ4n) is 1.55. The van der Waals surface area contributed by atoms with E-state index >= 15 is 0 Å². The normalized spacial score (nSPS) is 12.2. The minimum Gasteiger partial charge on any atom is -0.493 e. The third-order valence-corrected chi connectivity index (χ3v) is 2.64. The first-order chi connectivity index (χ1) is 7.69. The number of hydrogen-bond acceptors (Lipinski definition) is 2. The average molecular weight is 219 g/mol. The molecule has 0 radical (unpaired) electrons. The van der Waals surface area contributed by atoms with Crippen molar-refractivity contribution >= 4 is 0 Å². The van der Waals surface area contributed by atoms with Crippen molar-refractivity contribution in [3.63, 3.8) is 0 Å². The lowest BCUT2D eigenvalue weighted by molar-refractivity contribution is 0.318. The van der Waals surface area contributed by atoms with Crippen molar-refractivity contribution in [2.75, 3.05) is 13.7 Å². The first-order valence-corrected chi connectivity index (χ1v) is 5.70. The molecule has 1 N–H and O–H groups in total. The molecule has 0 fully saturated rings. The van der Waals surface area contributed by atoms with E-state index in [0.29, 0.717) is 12.6 Å². The van der Waals surface area contributed by atoms with Crippen LogP contribution in [0.25, 0.3) is 0 Å². The molecule has 1 aromatic rings. The Labute approximate surface area is 98.3 Å². The van der Waals surface area contributed by atoms with Crippen LogP contribution in [0.5, 0.6) is 5.75 Å². The van der Waals surface area contributed by atoms with Crippen LogP contribution in [-0.4, -0.2) is 13.7 Å². The van der Waals surface area contributed by atoms with Gasteiger partial charge in [-0.15, -0.1) is 6.58 Å². The van der Waals surface area contributed by atoms with E-state index in [1.807, 2.05) is 19.2 Å². The van der Waals surface area contributed by atoms with Crippen molar-refractivity contribution in [3.8, 4) is 5.75 Å². The van der Waals surface area contributed by atoms with Crippen LogP contribution in [0.4, 0.5) is 0 Å². The molecule has 2 heteroatoms. The van der Waals surface area contributed by atoms with Gasteiger partial charge in [0.1, 0.15) is 5.75 Å². The fourth-order valence-corrected chi connectivity index (χ4v) is 1.55. The Morgan fingerprint density at radius 1 is 1.50 bits per heavy atom. The molecule has 88 valence electrons. The van der Waals surface area contributed by atoms with Crippen LogP contribution in [-0.2, 0) is 0 Å². The molecule has 1 unspecified atom stereocenters. The third-order valence-electron chi connectivity index (χ3n) is 2.64. The molecular formula is C14H21NO. The first kappa shape index (κ1) is 12.8.